The van der Waals surface area contributed by atoms with Crippen LogP contribution in [0.5, 0.6) is 0 Å². The summed E-state index contributed by atoms with van der Waals surface area (Å²) >= 11 is 9.74. The van der Waals surface area contributed by atoms with Crippen LogP contribution in [0.15, 0.2) is 0 Å². The van der Waals surface area contributed by atoms with Gasteiger partial charge in [0.1, 0.15) is 0 Å². The molecule has 2 rings (SSSR count). The number of halogens is 2. The van der Waals surface area contributed by atoms with Crippen LogP contribution in [0.3, 0.4) is 0 Å². The fourth-order valence-electron chi connectivity index (χ4n) is 2.15. The first-order valence-corrected chi connectivity index (χ1v) is 4.92. The van der Waals surface area contributed by atoms with Crippen molar-refractivity contribution in [3.8, 4) is 0 Å². The number of fused-ring (bicyclic) bond motifs is 2. The first-order chi connectivity index (χ1) is 4.29. The third-order valence-electron chi connectivity index (χ3n) is 2.72. The van der Waals surface area contributed by atoms with Crippen molar-refractivity contribution in [2.45, 2.75) is 29.5 Å². The van der Waals surface area contributed by atoms with Gasteiger partial charge in [-0.05, 0) is 31.1 Å². The minimum atomic E-state index is 0.434. The predicted octanol–water partition coefficient (Wildman–Crippen LogP) is 2.79. The van der Waals surface area contributed by atoms with E-state index in [0.29, 0.717) is 10.2 Å². The van der Waals surface area contributed by atoms with Crippen LogP contribution in [0.1, 0.15) is 19.3 Å². The highest BCUT2D eigenvalue weighted by Crippen LogP contribution is 2.50. The smallest absolute Gasteiger partial charge is 0.0492 e. The van der Waals surface area contributed by atoms with Gasteiger partial charge in [-0.15, -0.1) is 11.6 Å². The zero-order chi connectivity index (χ0) is 6.43. The van der Waals surface area contributed by atoms with E-state index in [9.17, 15) is 0 Å². The van der Waals surface area contributed by atoms with E-state index in [0.717, 1.165) is 11.8 Å². The topological polar surface area (TPSA) is 0 Å². The molecule has 0 heterocycles. The predicted molar refractivity (Wildman–Crippen MR) is 43.2 cm³/mol. The third kappa shape index (κ3) is 0.848. The summed E-state index contributed by atoms with van der Waals surface area (Å²) in [4.78, 5) is 0.623. The summed E-state index contributed by atoms with van der Waals surface area (Å²) in [7, 11) is 0. The Balaban J connectivity index is 2.15. The number of hydrogen-bond acceptors (Lipinski definition) is 0. The van der Waals surface area contributed by atoms with E-state index in [1.165, 1.54) is 19.3 Å². The molecule has 2 saturated carbocycles. The van der Waals surface area contributed by atoms with Crippen LogP contribution in [-0.2, 0) is 0 Å². The molecule has 2 heteroatoms. The molecule has 52 valence electrons. The maximum atomic E-state index is 6.11. The van der Waals surface area contributed by atoms with Gasteiger partial charge in [-0.1, -0.05) is 15.9 Å². The first-order valence-electron chi connectivity index (χ1n) is 3.57. The Morgan fingerprint density at radius 1 is 1.22 bits per heavy atom. The van der Waals surface area contributed by atoms with Gasteiger partial charge in [0.25, 0.3) is 0 Å². The number of rotatable bonds is 0. The van der Waals surface area contributed by atoms with Gasteiger partial charge in [0.2, 0.25) is 0 Å². The van der Waals surface area contributed by atoms with Crippen molar-refractivity contribution in [1.29, 1.82) is 0 Å². The van der Waals surface area contributed by atoms with Gasteiger partial charge in [0.05, 0.1) is 0 Å². The Kier molecular flexibility index (Phi) is 1.53. The Morgan fingerprint density at radius 2 is 1.89 bits per heavy atom. The van der Waals surface area contributed by atoms with E-state index in [1.807, 2.05) is 0 Å². The standard InChI is InChI=1S/C7H10BrCl/c8-6-4-1-2-5(3-4)7(6)9/h4-7H,1-3H2. The Labute approximate surface area is 69.1 Å². The molecular formula is C7H10BrCl. The maximum Gasteiger partial charge on any atom is 0.0492 e. The summed E-state index contributed by atoms with van der Waals surface area (Å²) in [6, 6.07) is 0. The van der Waals surface area contributed by atoms with Crippen LogP contribution < -0.4 is 0 Å². The van der Waals surface area contributed by atoms with Crippen LogP contribution in [0, 0.1) is 11.8 Å². The van der Waals surface area contributed by atoms with E-state index < -0.39 is 0 Å². The minimum Gasteiger partial charge on any atom is -0.121 e. The van der Waals surface area contributed by atoms with Crippen molar-refractivity contribution in [3.63, 3.8) is 0 Å². The van der Waals surface area contributed by atoms with Crippen LogP contribution in [0.2, 0.25) is 0 Å². The molecule has 0 nitrogen and oxygen atoms in total. The van der Waals surface area contributed by atoms with Gasteiger partial charge in [0, 0.05) is 10.2 Å². The molecule has 0 aromatic heterocycles. The monoisotopic (exact) mass is 208 g/mol. The van der Waals surface area contributed by atoms with E-state index in [-0.39, 0.29) is 0 Å². The van der Waals surface area contributed by atoms with Crippen molar-refractivity contribution < 1.29 is 0 Å². The number of alkyl halides is 2. The average Bonchev–Trinajstić information content (AvgIpc) is 2.37. The second-order valence-electron chi connectivity index (χ2n) is 3.22. The maximum absolute atomic E-state index is 6.11. The van der Waals surface area contributed by atoms with E-state index in [4.69, 9.17) is 11.6 Å². The highest BCUT2D eigenvalue weighted by molar-refractivity contribution is 9.09. The lowest BCUT2D eigenvalue weighted by Gasteiger charge is -2.20. The molecule has 0 saturated heterocycles. The molecule has 0 aromatic carbocycles. The van der Waals surface area contributed by atoms with Crippen LogP contribution in [0.4, 0.5) is 0 Å². The average molecular weight is 210 g/mol. The quantitative estimate of drug-likeness (QED) is 0.538. The van der Waals surface area contributed by atoms with Crippen LogP contribution in [0.25, 0.3) is 0 Å². The van der Waals surface area contributed by atoms with Crippen molar-refractivity contribution in [3.05, 3.63) is 0 Å². The lowest BCUT2D eigenvalue weighted by molar-refractivity contribution is 0.504. The molecule has 2 aliphatic carbocycles. The Bertz CT molecular complexity index is 108. The second kappa shape index (κ2) is 2.13. The summed E-state index contributed by atoms with van der Waals surface area (Å²) in [6.45, 7) is 0. The summed E-state index contributed by atoms with van der Waals surface area (Å²) < 4.78 is 0. The molecule has 2 aliphatic rings. The van der Waals surface area contributed by atoms with Crippen LogP contribution in [-0.4, -0.2) is 10.2 Å². The molecule has 0 amide bonds. The highest BCUT2D eigenvalue weighted by atomic mass is 79.9. The van der Waals surface area contributed by atoms with Crippen LogP contribution >= 0.6 is 27.5 Å². The van der Waals surface area contributed by atoms with Gasteiger partial charge >= 0.3 is 0 Å². The van der Waals surface area contributed by atoms with E-state index >= 15 is 0 Å². The summed E-state index contributed by atoms with van der Waals surface area (Å²) in [6.07, 6.45) is 4.16. The molecule has 2 fully saturated rings. The van der Waals surface area contributed by atoms with E-state index in [1.54, 1.807) is 0 Å². The fraction of sp³-hybridized carbons (Fsp3) is 1.00. The first kappa shape index (κ1) is 6.48. The van der Waals surface area contributed by atoms with Gasteiger partial charge in [-0.3, -0.25) is 0 Å². The zero-order valence-electron chi connectivity index (χ0n) is 5.19. The van der Waals surface area contributed by atoms with Crippen molar-refractivity contribution in [2.24, 2.45) is 11.8 Å². The third-order valence-corrected chi connectivity index (χ3v) is 4.97. The molecule has 0 spiro atoms. The largest absolute Gasteiger partial charge is 0.121 e. The van der Waals surface area contributed by atoms with Gasteiger partial charge in [-0.2, -0.15) is 0 Å². The minimum absolute atomic E-state index is 0.434. The summed E-state index contributed by atoms with van der Waals surface area (Å²) in [5.74, 6) is 1.73. The number of hydrogen-bond donors (Lipinski definition) is 0. The summed E-state index contributed by atoms with van der Waals surface area (Å²) in [5, 5.41) is 0.434. The second-order valence-corrected chi connectivity index (χ2v) is 4.78. The lowest BCUT2D eigenvalue weighted by Crippen LogP contribution is -2.21. The highest BCUT2D eigenvalue weighted by Gasteiger charge is 2.45. The molecule has 9 heavy (non-hydrogen) atoms. The van der Waals surface area contributed by atoms with Crippen molar-refractivity contribution in [1.82, 2.24) is 0 Å². The van der Waals surface area contributed by atoms with Gasteiger partial charge < -0.3 is 0 Å². The molecule has 0 aliphatic heterocycles. The molecule has 4 atom stereocenters. The Hall–Kier alpha value is 0.770. The Morgan fingerprint density at radius 3 is 2.22 bits per heavy atom. The SMILES string of the molecule is ClC1C2CCC(C2)C1Br. The van der Waals surface area contributed by atoms with Gasteiger partial charge in [0.15, 0.2) is 0 Å². The van der Waals surface area contributed by atoms with Crippen molar-refractivity contribution in [2.75, 3.05) is 0 Å². The molecule has 0 radical (unpaired) electrons. The molecular weight excluding hydrogens is 199 g/mol. The molecule has 0 aromatic rings. The normalized spacial score (nSPS) is 56.7. The summed E-state index contributed by atoms with van der Waals surface area (Å²) in [5.41, 5.74) is 0. The molecule has 0 N–H and O–H groups in total. The van der Waals surface area contributed by atoms with Crippen molar-refractivity contribution >= 4 is 27.5 Å². The molecule has 2 bridgehead atoms. The lowest BCUT2D eigenvalue weighted by atomic mass is 10.0. The van der Waals surface area contributed by atoms with Gasteiger partial charge in [-0.25, -0.2) is 0 Å². The molecule has 4 unspecified atom stereocenters. The van der Waals surface area contributed by atoms with E-state index in [2.05, 4.69) is 15.9 Å². The fourth-order valence-corrected chi connectivity index (χ4v) is 3.50. The zero-order valence-corrected chi connectivity index (χ0v) is 7.53.